The van der Waals surface area contributed by atoms with E-state index in [1.54, 1.807) is 11.4 Å². The second-order valence-electron chi connectivity index (χ2n) is 8.22. The van der Waals surface area contributed by atoms with E-state index in [2.05, 4.69) is 23.3 Å². The Balaban J connectivity index is 2.28. The Kier molecular flexibility index (Phi) is 8.26. The third kappa shape index (κ3) is 5.91. The summed E-state index contributed by atoms with van der Waals surface area (Å²) in [5, 5.41) is 1.68. The van der Waals surface area contributed by atoms with Crippen molar-refractivity contribution in [2.45, 2.75) is 68.4 Å². The van der Waals surface area contributed by atoms with Gasteiger partial charge in [0.15, 0.2) is 0 Å². The quantitative estimate of drug-likeness (QED) is 0.502. The Morgan fingerprint density at radius 2 is 1.30 bits per heavy atom. The number of benzene rings is 1. The normalized spacial score (nSPS) is 13.0. The highest BCUT2D eigenvalue weighted by molar-refractivity contribution is 7.91. The molecule has 0 saturated heterocycles. The molecule has 1 aromatic carbocycles. The Hall–Kier alpha value is -1.26. The van der Waals surface area contributed by atoms with E-state index in [-0.39, 0.29) is 35.1 Å². The number of hydrogen-bond acceptors (Lipinski definition) is 5. The average molecular weight is 473 g/mol. The summed E-state index contributed by atoms with van der Waals surface area (Å²) in [5.41, 5.74) is 2.69. The summed E-state index contributed by atoms with van der Waals surface area (Å²) in [7, 11) is -7.43. The van der Waals surface area contributed by atoms with Crippen LogP contribution < -0.4 is 9.44 Å². The molecule has 2 rings (SSSR count). The van der Waals surface area contributed by atoms with E-state index < -0.39 is 20.0 Å². The van der Waals surface area contributed by atoms with Gasteiger partial charge >= 0.3 is 0 Å². The van der Waals surface area contributed by atoms with Crippen molar-refractivity contribution in [3.63, 3.8) is 0 Å². The second-order valence-corrected chi connectivity index (χ2v) is 12.9. The molecule has 2 aromatic rings. The molecule has 0 amide bonds. The number of thiophene rings is 1. The van der Waals surface area contributed by atoms with Crippen molar-refractivity contribution in [2.24, 2.45) is 0 Å². The number of sulfonamides is 2. The lowest BCUT2D eigenvalue weighted by molar-refractivity contribution is 0.568. The van der Waals surface area contributed by atoms with E-state index in [1.807, 2.05) is 39.8 Å². The van der Waals surface area contributed by atoms with Gasteiger partial charge in [-0.2, -0.15) is 0 Å². The summed E-state index contributed by atoms with van der Waals surface area (Å²) < 4.78 is 56.1. The van der Waals surface area contributed by atoms with Crippen molar-refractivity contribution in [1.82, 2.24) is 9.44 Å². The van der Waals surface area contributed by atoms with Crippen LogP contribution in [0.15, 0.2) is 38.8 Å². The van der Waals surface area contributed by atoms with Gasteiger partial charge in [-0.3, -0.25) is 0 Å². The van der Waals surface area contributed by atoms with Crippen LogP contribution in [-0.2, 0) is 20.0 Å². The fourth-order valence-corrected chi connectivity index (χ4v) is 6.92. The highest BCUT2D eigenvalue weighted by Gasteiger charge is 2.26. The van der Waals surface area contributed by atoms with Crippen molar-refractivity contribution in [3.8, 4) is 0 Å². The molecular formula is C21H32N2O4S3. The molecule has 0 aliphatic carbocycles. The maximum atomic E-state index is 13.2. The molecule has 0 radical (unpaired) electrons. The van der Waals surface area contributed by atoms with Gasteiger partial charge in [-0.25, -0.2) is 26.3 Å². The Morgan fingerprint density at radius 3 is 1.70 bits per heavy atom. The van der Waals surface area contributed by atoms with Crippen molar-refractivity contribution in [3.05, 3.63) is 46.3 Å². The maximum Gasteiger partial charge on any atom is 0.250 e. The number of rotatable bonds is 10. The monoisotopic (exact) mass is 472 g/mol. The van der Waals surface area contributed by atoms with Gasteiger partial charge in [0.05, 0.1) is 4.90 Å². The van der Waals surface area contributed by atoms with Crippen LogP contribution >= 0.6 is 11.3 Å². The lowest BCUT2D eigenvalue weighted by atomic mass is 9.89. The van der Waals surface area contributed by atoms with Crippen LogP contribution in [0.5, 0.6) is 0 Å². The minimum Gasteiger partial charge on any atom is -0.210 e. The van der Waals surface area contributed by atoms with Gasteiger partial charge in [0, 0.05) is 13.1 Å². The average Bonchev–Trinajstić information content (AvgIpc) is 3.19. The first-order valence-electron chi connectivity index (χ1n) is 10.1. The third-order valence-electron chi connectivity index (χ3n) is 4.82. The summed E-state index contributed by atoms with van der Waals surface area (Å²) in [4.78, 5) is 0.318. The van der Waals surface area contributed by atoms with Crippen molar-refractivity contribution < 1.29 is 16.8 Å². The van der Waals surface area contributed by atoms with E-state index >= 15 is 0 Å². The second kappa shape index (κ2) is 9.91. The summed E-state index contributed by atoms with van der Waals surface area (Å²) in [6, 6.07) is 7.13. The molecule has 9 heteroatoms. The van der Waals surface area contributed by atoms with Crippen molar-refractivity contribution in [2.75, 3.05) is 13.1 Å². The van der Waals surface area contributed by atoms with E-state index in [0.29, 0.717) is 4.90 Å². The number of nitrogens with one attached hydrogen (secondary N) is 2. The summed E-state index contributed by atoms with van der Waals surface area (Å²) >= 11 is 1.12. The van der Waals surface area contributed by atoms with E-state index in [1.165, 1.54) is 6.07 Å². The van der Waals surface area contributed by atoms with Gasteiger partial charge in [-0.05, 0) is 45.9 Å². The van der Waals surface area contributed by atoms with E-state index in [9.17, 15) is 16.8 Å². The molecule has 2 N–H and O–H groups in total. The van der Waals surface area contributed by atoms with Crippen LogP contribution in [0, 0.1) is 0 Å². The molecule has 0 unspecified atom stereocenters. The van der Waals surface area contributed by atoms with Crippen LogP contribution in [0.1, 0.15) is 76.0 Å². The molecule has 1 aromatic heterocycles. The lowest BCUT2D eigenvalue weighted by Crippen LogP contribution is -2.35. The molecule has 0 fully saturated rings. The van der Waals surface area contributed by atoms with Crippen LogP contribution in [0.2, 0.25) is 0 Å². The fourth-order valence-electron chi connectivity index (χ4n) is 3.13. The molecule has 0 atom stereocenters. The molecular weight excluding hydrogens is 440 g/mol. The fraction of sp³-hybridized carbons (Fsp3) is 0.524. The van der Waals surface area contributed by atoms with Crippen molar-refractivity contribution in [1.29, 1.82) is 0 Å². The third-order valence-corrected chi connectivity index (χ3v) is 9.27. The van der Waals surface area contributed by atoms with Crippen LogP contribution in [-0.4, -0.2) is 29.9 Å². The highest BCUT2D eigenvalue weighted by atomic mass is 32.2. The summed E-state index contributed by atoms with van der Waals surface area (Å²) in [6.07, 6.45) is 0. The first-order chi connectivity index (χ1) is 13.9. The maximum absolute atomic E-state index is 13.2. The SMILES string of the molecule is CC(C)c1cc(C(C)C)c(S(=O)(=O)NCCNS(=O)(=O)c2cccs2)c(C(C)C)c1. The molecule has 0 spiro atoms. The van der Waals surface area contributed by atoms with Gasteiger partial charge in [-0.1, -0.05) is 59.7 Å². The largest absolute Gasteiger partial charge is 0.250 e. The van der Waals surface area contributed by atoms with Gasteiger partial charge in [-0.15, -0.1) is 11.3 Å². The molecule has 0 aliphatic rings. The van der Waals surface area contributed by atoms with Gasteiger partial charge in [0.2, 0.25) is 20.0 Å². The standard InChI is InChI=1S/C21H32N2O4S3/c1-14(2)17-12-18(15(3)4)21(19(13-17)16(5)6)30(26,27)23-10-9-22-29(24,25)20-8-7-11-28-20/h7-8,11-16,22-23H,9-10H2,1-6H3. The van der Waals surface area contributed by atoms with Crippen molar-refractivity contribution >= 4 is 31.4 Å². The summed E-state index contributed by atoms with van der Waals surface area (Å²) in [5.74, 6) is 0.353. The predicted molar refractivity (Wildman–Crippen MR) is 123 cm³/mol. The molecule has 30 heavy (non-hydrogen) atoms. The van der Waals surface area contributed by atoms with Crippen LogP contribution in [0.4, 0.5) is 0 Å². The van der Waals surface area contributed by atoms with E-state index in [4.69, 9.17) is 0 Å². The van der Waals surface area contributed by atoms with Crippen LogP contribution in [0.3, 0.4) is 0 Å². The Bertz CT molecular complexity index is 1030. The predicted octanol–water partition coefficient (Wildman–Crippen LogP) is 4.38. The minimum absolute atomic E-state index is 0.0302. The smallest absolute Gasteiger partial charge is 0.210 e. The van der Waals surface area contributed by atoms with E-state index in [0.717, 1.165) is 28.0 Å². The minimum atomic E-state index is -3.81. The first kappa shape index (κ1) is 25.0. The molecule has 1 heterocycles. The molecule has 6 nitrogen and oxygen atoms in total. The number of hydrogen-bond donors (Lipinski definition) is 2. The molecule has 0 saturated carbocycles. The highest BCUT2D eigenvalue weighted by Crippen LogP contribution is 2.34. The summed E-state index contributed by atoms with van der Waals surface area (Å²) in [6.45, 7) is 12.1. The van der Waals surface area contributed by atoms with Gasteiger partial charge in [0.1, 0.15) is 4.21 Å². The Labute approximate surface area is 185 Å². The van der Waals surface area contributed by atoms with Crippen LogP contribution in [0.25, 0.3) is 0 Å². The molecule has 168 valence electrons. The zero-order valence-electron chi connectivity index (χ0n) is 18.4. The zero-order valence-corrected chi connectivity index (χ0v) is 20.8. The first-order valence-corrected chi connectivity index (χ1v) is 13.9. The molecule has 0 bridgehead atoms. The topological polar surface area (TPSA) is 92.3 Å². The lowest BCUT2D eigenvalue weighted by Gasteiger charge is -2.23. The van der Waals surface area contributed by atoms with Gasteiger partial charge < -0.3 is 0 Å². The molecule has 0 aliphatic heterocycles. The van der Waals surface area contributed by atoms with Gasteiger partial charge in [0.25, 0.3) is 0 Å². The Morgan fingerprint density at radius 1 is 0.800 bits per heavy atom. The zero-order chi connectivity index (χ0) is 22.7.